The number of anilines is 1. The summed E-state index contributed by atoms with van der Waals surface area (Å²) in [6.07, 6.45) is 5.43. The molecule has 28 heavy (non-hydrogen) atoms. The second-order valence-corrected chi connectivity index (χ2v) is 7.59. The Morgan fingerprint density at radius 1 is 1.29 bits per heavy atom. The number of nitrogens with zero attached hydrogens (tertiary/aromatic N) is 4. The van der Waals surface area contributed by atoms with Gasteiger partial charge in [-0.15, -0.1) is 0 Å². The van der Waals surface area contributed by atoms with E-state index in [4.69, 9.17) is 4.74 Å². The van der Waals surface area contributed by atoms with Crippen LogP contribution in [0.25, 0.3) is 22.0 Å². The highest BCUT2D eigenvalue weighted by Crippen LogP contribution is 2.35. The van der Waals surface area contributed by atoms with E-state index in [1.807, 2.05) is 37.6 Å². The monoisotopic (exact) mass is 377 g/mol. The average molecular weight is 377 g/mol. The molecule has 1 N–H and O–H groups in total. The molecule has 0 amide bonds. The van der Waals surface area contributed by atoms with Gasteiger partial charge in [0.2, 0.25) is 0 Å². The fourth-order valence-corrected chi connectivity index (χ4v) is 3.87. The van der Waals surface area contributed by atoms with Crippen molar-refractivity contribution in [3.8, 4) is 17.2 Å². The highest BCUT2D eigenvalue weighted by molar-refractivity contribution is 5.97. The zero-order chi connectivity index (χ0) is 19.9. The Hall–Kier alpha value is -3.11. The van der Waals surface area contributed by atoms with Crippen molar-refractivity contribution in [2.24, 2.45) is 7.05 Å². The Bertz CT molecular complexity index is 1130. The Balaban J connectivity index is 1.87. The number of aromatic nitrogens is 3. The quantitative estimate of drug-likeness (QED) is 0.758. The standard InChI is InChI=1S/C21H23N5O2/c1-21(28-3)6-8-26(9-7-21)19-16-10-14(15-12-23-25(2)13-15)4-5-18(16)24-20(27)17(19)11-22/h4-5,10,12-13H,6-9H2,1-3H3,(H,24,27). The van der Waals surface area contributed by atoms with Crippen molar-refractivity contribution in [1.29, 1.82) is 5.26 Å². The number of fused-ring (bicyclic) bond motifs is 1. The SMILES string of the molecule is COC1(C)CCN(c2c(C#N)c(=O)[nH]c3ccc(-c4cnn(C)c4)cc23)CC1. The van der Waals surface area contributed by atoms with Crippen LogP contribution >= 0.6 is 0 Å². The molecule has 1 saturated heterocycles. The smallest absolute Gasteiger partial charge is 0.268 e. The Labute approximate surface area is 163 Å². The highest BCUT2D eigenvalue weighted by Gasteiger charge is 2.31. The number of hydrogen-bond donors (Lipinski definition) is 1. The predicted octanol–water partition coefficient (Wildman–Crippen LogP) is 2.81. The molecule has 0 aliphatic carbocycles. The van der Waals surface area contributed by atoms with Crippen LogP contribution in [0.4, 0.5) is 5.69 Å². The number of nitrogens with one attached hydrogen (secondary N) is 1. The van der Waals surface area contributed by atoms with Crippen molar-refractivity contribution in [3.63, 3.8) is 0 Å². The van der Waals surface area contributed by atoms with E-state index in [9.17, 15) is 10.1 Å². The van der Waals surface area contributed by atoms with Gasteiger partial charge in [-0.3, -0.25) is 9.48 Å². The Kier molecular flexibility index (Phi) is 4.44. The van der Waals surface area contributed by atoms with Crippen LogP contribution in [-0.2, 0) is 11.8 Å². The maximum atomic E-state index is 12.5. The van der Waals surface area contributed by atoms with E-state index in [1.54, 1.807) is 11.8 Å². The molecule has 7 heteroatoms. The number of nitriles is 1. The molecular weight excluding hydrogens is 354 g/mol. The zero-order valence-corrected chi connectivity index (χ0v) is 16.3. The van der Waals surface area contributed by atoms with Crippen LogP contribution in [0.15, 0.2) is 35.4 Å². The van der Waals surface area contributed by atoms with Crippen LogP contribution in [0, 0.1) is 11.3 Å². The summed E-state index contributed by atoms with van der Waals surface area (Å²) in [5.41, 5.74) is 3.08. The number of ether oxygens (including phenoxy) is 1. The molecule has 0 radical (unpaired) electrons. The summed E-state index contributed by atoms with van der Waals surface area (Å²) in [6.45, 7) is 3.56. The van der Waals surface area contributed by atoms with Gasteiger partial charge in [-0.05, 0) is 37.5 Å². The fraction of sp³-hybridized carbons (Fsp3) is 0.381. The van der Waals surface area contributed by atoms with E-state index >= 15 is 0 Å². The third-order valence-electron chi connectivity index (χ3n) is 5.77. The number of aryl methyl sites for hydroxylation is 1. The summed E-state index contributed by atoms with van der Waals surface area (Å²) >= 11 is 0. The lowest BCUT2D eigenvalue weighted by atomic mass is 9.92. The molecule has 1 aliphatic rings. The molecule has 7 nitrogen and oxygen atoms in total. The first-order valence-corrected chi connectivity index (χ1v) is 9.33. The van der Waals surface area contributed by atoms with Crippen LogP contribution in [0.3, 0.4) is 0 Å². The summed E-state index contributed by atoms with van der Waals surface area (Å²) in [7, 11) is 3.61. The summed E-state index contributed by atoms with van der Waals surface area (Å²) in [6, 6.07) is 8.01. The first kappa shape index (κ1) is 18.3. The molecule has 0 saturated carbocycles. The van der Waals surface area contributed by atoms with Crippen LogP contribution in [0.5, 0.6) is 0 Å². The van der Waals surface area contributed by atoms with Gasteiger partial charge in [-0.2, -0.15) is 10.4 Å². The molecule has 3 aromatic rings. The fourth-order valence-electron chi connectivity index (χ4n) is 3.87. The molecule has 2 aromatic heterocycles. The number of hydrogen-bond acceptors (Lipinski definition) is 5. The van der Waals surface area contributed by atoms with E-state index in [0.717, 1.165) is 48.0 Å². The lowest BCUT2D eigenvalue weighted by Gasteiger charge is -2.40. The van der Waals surface area contributed by atoms with E-state index in [1.165, 1.54) is 0 Å². The van der Waals surface area contributed by atoms with Gasteiger partial charge >= 0.3 is 0 Å². The molecule has 0 spiro atoms. The molecular formula is C21H23N5O2. The topological polar surface area (TPSA) is 86.9 Å². The second-order valence-electron chi connectivity index (χ2n) is 7.59. The molecule has 1 fully saturated rings. The molecule has 3 heterocycles. The number of pyridine rings is 1. The second kappa shape index (κ2) is 6.80. The first-order valence-electron chi connectivity index (χ1n) is 9.33. The third kappa shape index (κ3) is 3.06. The largest absolute Gasteiger partial charge is 0.378 e. The van der Waals surface area contributed by atoms with Crippen molar-refractivity contribution >= 4 is 16.6 Å². The van der Waals surface area contributed by atoms with Gasteiger partial charge < -0.3 is 14.6 Å². The minimum atomic E-state index is -0.348. The normalized spacial score (nSPS) is 16.3. The average Bonchev–Trinajstić information content (AvgIpc) is 3.14. The van der Waals surface area contributed by atoms with E-state index in [-0.39, 0.29) is 16.7 Å². The van der Waals surface area contributed by atoms with Crippen molar-refractivity contribution < 1.29 is 4.74 Å². The van der Waals surface area contributed by atoms with Crippen molar-refractivity contribution in [2.45, 2.75) is 25.4 Å². The molecule has 1 aliphatic heterocycles. The molecule has 0 atom stereocenters. The van der Waals surface area contributed by atoms with Crippen molar-refractivity contribution in [3.05, 3.63) is 46.5 Å². The summed E-state index contributed by atoms with van der Waals surface area (Å²) < 4.78 is 7.40. The maximum Gasteiger partial charge on any atom is 0.268 e. The minimum absolute atomic E-state index is 0.164. The summed E-state index contributed by atoms with van der Waals surface area (Å²) in [4.78, 5) is 17.5. The van der Waals surface area contributed by atoms with Gasteiger partial charge in [-0.1, -0.05) is 6.07 Å². The van der Waals surface area contributed by atoms with Gasteiger partial charge in [0.1, 0.15) is 11.6 Å². The number of methoxy groups -OCH3 is 1. The number of rotatable bonds is 3. The van der Waals surface area contributed by atoms with Crippen molar-refractivity contribution in [2.75, 3.05) is 25.1 Å². The number of H-pyrrole nitrogens is 1. The van der Waals surface area contributed by atoms with E-state index in [0.29, 0.717) is 5.69 Å². The minimum Gasteiger partial charge on any atom is -0.378 e. The van der Waals surface area contributed by atoms with Gasteiger partial charge in [0.15, 0.2) is 0 Å². The third-order valence-corrected chi connectivity index (χ3v) is 5.77. The molecule has 0 bridgehead atoms. The lowest BCUT2D eigenvalue weighted by molar-refractivity contribution is -0.0132. The van der Waals surface area contributed by atoms with Crippen LogP contribution < -0.4 is 10.5 Å². The summed E-state index contributed by atoms with van der Waals surface area (Å²) in [5.74, 6) is 0. The van der Waals surface area contributed by atoms with Crippen LogP contribution in [-0.4, -0.2) is 40.6 Å². The van der Waals surface area contributed by atoms with Gasteiger partial charge in [0, 0.05) is 44.4 Å². The maximum absolute atomic E-state index is 12.5. The lowest BCUT2D eigenvalue weighted by Crippen LogP contribution is -2.44. The number of benzene rings is 1. The van der Waals surface area contributed by atoms with Gasteiger partial charge in [0.25, 0.3) is 5.56 Å². The number of piperidine rings is 1. The predicted molar refractivity (Wildman–Crippen MR) is 108 cm³/mol. The highest BCUT2D eigenvalue weighted by atomic mass is 16.5. The van der Waals surface area contributed by atoms with E-state index < -0.39 is 0 Å². The zero-order valence-electron chi connectivity index (χ0n) is 16.3. The van der Waals surface area contributed by atoms with Crippen molar-refractivity contribution in [1.82, 2.24) is 14.8 Å². The molecule has 0 unspecified atom stereocenters. The molecule has 1 aromatic carbocycles. The van der Waals surface area contributed by atoms with Crippen LogP contribution in [0.2, 0.25) is 0 Å². The first-order chi connectivity index (χ1) is 13.4. The van der Waals surface area contributed by atoms with Gasteiger partial charge in [-0.25, -0.2) is 0 Å². The summed E-state index contributed by atoms with van der Waals surface area (Å²) in [5, 5.41) is 14.8. The molecule has 144 valence electrons. The molecule has 4 rings (SSSR count). The van der Waals surface area contributed by atoms with E-state index in [2.05, 4.69) is 28.0 Å². The van der Waals surface area contributed by atoms with Crippen LogP contribution in [0.1, 0.15) is 25.3 Å². The van der Waals surface area contributed by atoms with Gasteiger partial charge in [0.05, 0.1) is 23.0 Å². The number of aromatic amines is 1. The Morgan fingerprint density at radius 2 is 2.04 bits per heavy atom. The Morgan fingerprint density at radius 3 is 2.64 bits per heavy atom.